The summed E-state index contributed by atoms with van der Waals surface area (Å²) in [6.07, 6.45) is 2.98. The molecule has 0 saturated carbocycles. The number of rotatable bonds is 9. The van der Waals surface area contributed by atoms with Gasteiger partial charge in [0.25, 0.3) is 0 Å². The summed E-state index contributed by atoms with van der Waals surface area (Å²) in [6, 6.07) is 3.22. The van der Waals surface area contributed by atoms with Gasteiger partial charge in [0.1, 0.15) is 18.4 Å². The van der Waals surface area contributed by atoms with Gasteiger partial charge in [0.2, 0.25) is 0 Å². The number of aliphatic carboxylic acids is 1. The Morgan fingerprint density at radius 3 is 3.06 bits per heavy atom. The van der Waals surface area contributed by atoms with Crippen molar-refractivity contribution in [1.82, 2.24) is 5.32 Å². The molecule has 1 rings (SSSR count). The van der Waals surface area contributed by atoms with Gasteiger partial charge < -0.3 is 19.6 Å². The average molecular weight is 241 g/mol. The van der Waals surface area contributed by atoms with Crippen LogP contribution in [-0.4, -0.2) is 30.3 Å². The second-order valence-electron chi connectivity index (χ2n) is 3.74. The van der Waals surface area contributed by atoms with Crippen LogP contribution in [0, 0.1) is 0 Å². The van der Waals surface area contributed by atoms with Gasteiger partial charge in [-0.3, -0.25) is 4.79 Å². The van der Waals surface area contributed by atoms with Crippen LogP contribution >= 0.6 is 0 Å². The van der Waals surface area contributed by atoms with Crippen molar-refractivity contribution in [2.45, 2.75) is 32.4 Å². The molecule has 96 valence electrons. The molecular formula is C12H19NO4. The zero-order chi connectivity index (χ0) is 12.5. The number of carboxylic acids is 1. The molecule has 1 aromatic heterocycles. The molecule has 0 fully saturated rings. The van der Waals surface area contributed by atoms with E-state index < -0.39 is 12.0 Å². The first kappa shape index (κ1) is 13.7. The topological polar surface area (TPSA) is 71.7 Å². The summed E-state index contributed by atoms with van der Waals surface area (Å²) in [5.41, 5.74) is 0. The Morgan fingerprint density at radius 2 is 2.47 bits per heavy atom. The van der Waals surface area contributed by atoms with Crippen LogP contribution in [0.15, 0.2) is 22.8 Å². The molecule has 17 heavy (non-hydrogen) atoms. The zero-order valence-corrected chi connectivity index (χ0v) is 10.0. The third-order valence-electron chi connectivity index (χ3n) is 2.39. The lowest BCUT2D eigenvalue weighted by Gasteiger charge is -2.11. The average Bonchev–Trinajstić information content (AvgIpc) is 2.80. The smallest absolute Gasteiger partial charge is 0.320 e. The molecule has 0 spiro atoms. The number of hydrogen-bond acceptors (Lipinski definition) is 4. The fourth-order valence-corrected chi connectivity index (χ4v) is 1.42. The second kappa shape index (κ2) is 7.86. The lowest BCUT2D eigenvalue weighted by atomic mass is 10.2. The van der Waals surface area contributed by atoms with Crippen molar-refractivity contribution in [3.8, 4) is 0 Å². The van der Waals surface area contributed by atoms with Crippen LogP contribution in [0.3, 0.4) is 0 Å². The Labute approximate surface area is 101 Å². The van der Waals surface area contributed by atoms with Gasteiger partial charge >= 0.3 is 5.97 Å². The van der Waals surface area contributed by atoms with E-state index in [4.69, 9.17) is 14.3 Å². The van der Waals surface area contributed by atoms with Crippen molar-refractivity contribution < 1.29 is 19.1 Å². The van der Waals surface area contributed by atoms with E-state index in [1.165, 1.54) is 0 Å². The summed E-state index contributed by atoms with van der Waals surface area (Å²) in [5.74, 6) is -0.000987. The molecule has 0 aliphatic rings. The minimum atomic E-state index is -0.802. The molecule has 2 N–H and O–H groups in total. The van der Waals surface area contributed by atoms with Gasteiger partial charge in [-0.25, -0.2) is 0 Å². The molecule has 0 aliphatic carbocycles. The molecule has 0 aromatic carbocycles. The summed E-state index contributed by atoms with van der Waals surface area (Å²) in [4.78, 5) is 10.7. The largest absolute Gasteiger partial charge is 0.480 e. The first-order valence-corrected chi connectivity index (χ1v) is 5.80. The number of carbonyl (C=O) groups is 1. The first-order chi connectivity index (χ1) is 8.24. The van der Waals surface area contributed by atoms with Crippen LogP contribution in [0.25, 0.3) is 0 Å². The number of furan rings is 1. The zero-order valence-electron chi connectivity index (χ0n) is 10.0. The summed E-state index contributed by atoms with van der Waals surface area (Å²) in [5, 5.41) is 11.8. The van der Waals surface area contributed by atoms with Gasteiger partial charge in [0.05, 0.1) is 6.26 Å². The van der Waals surface area contributed by atoms with Crippen LogP contribution in [0.5, 0.6) is 0 Å². The Balaban J connectivity index is 1.99. The van der Waals surface area contributed by atoms with Crippen LogP contribution in [-0.2, 0) is 16.1 Å². The molecule has 0 saturated heterocycles. The predicted molar refractivity (Wildman–Crippen MR) is 62.7 cm³/mol. The van der Waals surface area contributed by atoms with Gasteiger partial charge in [-0.15, -0.1) is 0 Å². The molecule has 1 unspecified atom stereocenters. The quantitative estimate of drug-likeness (QED) is 0.643. The normalized spacial score (nSPS) is 12.5. The van der Waals surface area contributed by atoms with Crippen LogP contribution in [0.2, 0.25) is 0 Å². The number of carboxylic acid groups (broad SMARTS) is 1. The molecule has 1 atom stereocenters. The monoisotopic (exact) mass is 241 g/mol. The van der Waals surface area contributed by atoms with Crippen molar-refractivity contribution in [3.63, 3.8) is 0 Å². The van der Waals surface area contributed by atoms with E-state index in [-0.39, 0.29) is 0 Å². The Morgan fingerprint density at radius 1 is 1.65 bits per heavy atom. The SMILES string of the molecule is CCC(NCCCOCc1ccco1)C(=O)O. The van der Waals surface area contributed by atoms with E-state index in [0.29, 0.717) is 26.2 Å². The Kier molecular flexibility index (Phi) is 6.35. The predicted octanol–water partition coefficient (Wildman–Crippen LogP) is 1.64. The third-order valence-corrected chi connectivity index (χ3v) is 2.39. The van der Waals surface area contributed by atoms with Crippen LogP contribution < -0.4 is 5.32 Å². The molecule has 0 aliphatic heterocycles. The summed E-state index contributed by atoms with van der Waals surface area (Å²) >= 11 is 0. The van der Waals surface area contributed by atoms with Gasteiger partial charge in [-0.05, 0) is 31.5 Å². The molecule has 5 heteroatoms. The van der Waals surface area contributed by atoms with E-state index >= 15 is 0 Å². The molecule has 1 aromatic rings. The van der Waals surface area contributed by atoms with Gasteiger partial charge in [-0.1, -0.05) is 6.92 Å². The lowest BCUT2D eigenvalue weighted by Crippen LogP contribution is -2.36. The third kappa shape index (κ3) is 5.51. The maximum absolute atomic E-state index is 10.7. The highest BCUT2D eigenvalue weighted by atomic mass is 16.5. The van der Waals surface area contributed by atoms with Crippen LogP contribution in [0.1, 0.15) is 25.5 Å². The van der Waals surface area contributed by atoms with Crippen molar-refractivity contribution in [1.29, 1.82) is 0 Å². The minimum Gasteiger partial charge on any atom is -0.480 e. The number of ether oxygens (including phenoxy) is 1. The summed E-state index contributed by atoms with van der Waals surface area (Å²) < 4.78 is 10.5. The highest BCUT2D eigenvalue weighted by Gasteiger charge is 2.12. The maximum atomic E-state index is 10.7. The number of nitrogens with one attached hydrogen (secondary N) is 1. The molecule has 0 radical (unpaired) electrons. The second-order valence-corrected chi connectivity index (χ2v) is 3.74. The van der Waals surface area contributed by atoms with E-state index in [1.54, 1.807) is 6.26 Å². The van der Waals surface area contributed by atoms with Gasteiger partial charge in [0.15, 0.2) is 0 Å². The molecule has 5 nitrogen and oxygen atoms in total. The fraction of sp³-hybridized carbons (Fsp3) is 0.583. The first-order valence-electron chi connectivity index (χ1n) is 5.80. The van der Waals surface area contributed by atoms with E-state index in [2.05, 4.69) is 5.32 Å². The highest BCUT2D eigenvalue weighted by Crippen LogP contribution is 2.01. The molecule has 0 bridgehead atoms. The van der Waals surface area contributed by atoms with Crippen LogP contribution in [0.4, 0.5) is 0 Å². The highest BCUT2D eigenvalue weighted by molar-refractivity contribution is 5.73. The van der Waals surface area contributed by atoms with E-state index in [1.807, 2.05) is 19.1 Å². The summed E-state index contributed by atoms with van der Waals surface area (Å²) in [6.45, 7) is 3.54. The molecular weight excluding hydrogens is 222 g/mol. The van der Waals surface area contributed by atoms with Crippen molar-refractivity contribution in [3.05, 3.63) is 24.2 Å². The van der Waals surface area contributed by atoms with Crippen molar-refractivity contribution >= 4 is 5.97 Å². The maximum Gasteiger partial charge on any atom is 0.320 e. The fourth-order valence-electron chi connectivity index (χ4n) is 1.42. The minimum absolute atomic E-state index is 0.458. The lowest BCUT2D eigenvalue weighted by molar-refractivity contribution is -0.139. The Hall–Kier alpha value is -1.33. The van der Waals surface area contributed by atoms with E-state index in [9.17, 15) is 4.79 Å². The number of hydrogen-bond donors (Lipinski definition) is 2. The van der Waals surface area contributed by atoms with Gasteiger partial charge in [0, 0.05) is 6.61 Å². The standard InChI is InChI=1S/C12H19NO4/c1-2-11(12(14)15)13-6-4-7-16-9-10-5-3-8-17-10/h3,5,8,11,13H,2,4,6-7,9H2,1H3,(H,14,15). The van der Waals surface area contributed by atoms with Gasteiger partial charge in [-0.2, -0.15) is 0 Å². The van der Waals surface area contributed by atoms with E-state index in [0.717, 1.165) is 12.2 Å². The Bertz CT molecular complexity index is 310. The molecule has 1 heterocycles. The van der Waals surface area contributed by atoms with Crippen molar-refractivity contribution in [2.75, 3.05) is 13.2 Å². The molecule has 0 amide bonds. The summed E-state index contributed by atoms with van der Waals surface area (Å²) in [7, 11) is 0. The van der Waals surface area contributed by atoms with Crippen molar-refractivity contribution in [2.24, 2.45) is 0 Å².